The fourth-order valence-corrected chi connectivity index (χ4v) is 3.28. The Hall–Kier alpha value is -2.31. The van der Waals surface area contributed by atoms with Crippen LogP contribution in [0.2, 0.25) is 0 Å². The summed E-state index contributed by atoms with van der Waals surface area (Å²) in [7, 11) is 0. The second-order valence-electron chi connectivity index (χ2n) is 4.71. The van der Waals surface area contributed by atoms with E-state index in [-0.39, 0.29) is 6.04 Å². The number of anilines is 1. The Balaban J connectivity index is 1.99. The van der Waals surface area contributed by atoms with Gasteiger partial charge in [-0.1, -0.05) is 36.4 Å². The summed E-state index contributed by atoms with van der Waals surface area (Å²) in [6.45, 7) is 2.04. The van der Waals surface area contributed by atoms with Crippen molar-refractivity contribution in [1.29, 1.82) is 5.26 Å². The van der Waals surface area contributed by atoms with Gasteiger partial charge in [0.1, 0.15) is 6.04 Å². The van der Waals surface area contributed by atoms with Crippen LogP contribution in [0.15, 0.2) is 53.9 Å². The van der Waals surface area contributed by atoms with Gasteiger partial charge < -0.3 is 5.32 Å². The minimum atomic E-state index is -0.327. The Morgan fingerprint density at radius 3 is 2.65 bits per heavy atom. The topological polar surface area (TPSA) is 35.8 Å². The summed E-state index contributed by atoms with van der Waals surface area (Å²) < 4.78 is 1.22. The van der Waals surface area contributed by atoms with Gasteiger partial charge in [0, 0.05) is 16.0 Å². The lowest BCUT2D eigenvalue weighted by Crippen LogP contribution is -2.08. The van der Waals surface area contributed by atoms with E-state index in [0.29, 0.717) is 0 Å². The third-order valence-corrected chi connectivity index (χ3v) is 4.38. The molecule has 0 bridgehead atoms. The molecule has 0 aliphatic heterocycles. The highest BCUT2D eigenvalue weighted by Gasteiger charge is 2.15. The summed E-state index contributed by atoms with van der Waals surface area (Å²) in [6.07, 6.45) is 0. The van der Waals surface area contributed by atoms with Gasteiger partial charge in [0.15, 0.2) is 0 Å². The first kappa shape index (κ1) is 12.7. The van der Waals surface area contributed by atoms with Crippen molar-refractivity contribution in [2.75, 3.05) is 5.32 Å². The molecule has 0 saturated carbocycles. The Morgan fingerprint density at radius 1 is 1.10 bits per heavy atom. The standard InChI is InChI=1S/C17H14N2S/c1-12-6-2-4-8-15(12)19-16(10-18)14-11-20-17-9-5-3-7-13(14)17/h2-9,11,16,19H,1H3. The van der Waals surface area contributed by atoms with E-state index in [1.807, 2.05) is 43.3 Å². The van der Waals surface area contributed by atoms with Crippen LogP contribution in [0.1, 0.15) is 17.2 Å². The Morgan fingerprint density at radius 2 is 1.85 bits per heavy atom. The predicted octanol–water partition coefficient (Wildman–Crippen LogP) is 4.89. The summed E-state index contributed by atoms with van der Waals surface area (Å²) in [6, 6.07) is 18.3. The molecule has 0 aliphatic rings. The number of para-hydroxylation sites is 1. The minimum absolute atomic E-state index is 0.327. The second-order valence-corrected chi connectivity index (χ2v) is 5.62. The molecule has 1 heterocycles. The molecule has 20 heavy (non-hydrogen) atoms. The molecule has 0 amide bonds. The predicted molar refractivity (Wildman–Crippen MR) is 85.0 cm³/mol. The number of hydrogen-bond donors (Lipinski definition) is 1. The van der Waals surface area contributed by atoms with Crippen LogP contribution in [-0.2, 0) is 0 Å². The van der Waals surface area contributed by atoms with E-state index < -0.39 is 0 Å². The molecule has 0 radical (unpaired) electrons. The molecule has 0 aliphatic carbocycles. The molecule has 0 fully saturated rings. The SMILES string of the molecule is Cc1ccccc1NC(C#N)c1csc2ccccc12. The molecule has 98 valence electrons. The highest BCUT2D eigenvalue weighted by atomic mass is 32.1. The smallest absolute Gasteiger partial charge is 0.141 e. The van der Waals surface area contributed by atoms with Gasteiger partial charge in [0.2, 0.25) is 0 Å². The molecule has 1 atom stereocenters. The fourth-order valence-electron chi connectivity index (χ4n) is 2.29. The van der Waals surface area contributed by atoms with Crippen LogP contribution in [0.4, 0.5) is 5.69 Å². The summed E-state index contributed by atoms with van der Waals surface area (Å²) >= 11 is 1.68. The third-order valence-electron chi connectivity index (χ3n) is 3.40. The molecule has 1 aromatic heterocycles. The molecule has 0 saturated heterocycles. The van der Waals surface area contributed by atoms with Crippen LogP contribution in [0.3, 0.4) is 0 Å². The van der Waals surface area contributed by atoms with Gasteiger partial charge in [-0.05, 0) is 35.4 Å². The molecule has 3 heteroatoms. The number of nitrogens with one attached hydrogen (secondary N) is 1. The second kappa shape index (κ2) is 5.36. The van der Waals surface area contributed by atoms with E-state index in [9.17, 15) is 5.26 Å². The molecular weight excluding hydrogens is 264 g/mol. The van der Waals surface area contributed by atoms with Crippen molar-refractivity contribution in [3.05, 3.63) is 65.0 Å². The van der Waals surface area contributed by atoms with E-state index in [1.54, 1.807) is 11.3 Å². The Labute approximate surface area is 122 Å². The first-order valence-electron chi connectivity index (χ1n) is 6.47. The van der Waals surface area contributed by atoms with Crippen LogP contribution in [0.25, 0.3) is 10.1 Å². The highest BCUT2D eigenvalue weighted by Crippen LogP contribution is 2.32. The van der Waals surface area contributed by atoms with Gasteiger partial charge >= 0.3 is 0 Å². The maximum Gasteiger partial charge on any atom is 0.141 e. The van der Waals surface area contributed by atoms with Crippen LogP contribution in [-0.4, -0.2) is 0 Å². The molecule has 2 nitrogen and oxygen atoms in total. The van der Waals surface area contributed by atoms with Gasteiger partial charge in [-0.15, -0.1) is 11.3 Å². The lowest BCUT2D eigenvalue weighted by atomic mass is 10.1. The van der Waals surface area contributed by atoms with Crippen molar-refractivity contribution in [2.45, 2.75) is 13.0 Å². The molecule has 3 rings (SSSR count). The number of benzene rings is 2. The molecule has 2 aromatic carbocycles. The minimum Gasteiger partial charge on any atom is -0.366 e. The third kappa shape index (κ3) is 2.26. The summed E-state index contributed by atoms with van der Waals surface area (Å²) in [5.74, 6) is 0. The van der Waals surface area contributed by atoms with E-state index in [4.69, 9.17) is 0 Å². The van der Waals surface area contributed by atoms with Crippen LogP contribution < -0.4 is 5.32 Å². The van der Waals surface area contributed by atoms with Gasteiger partial charge in [-0.2, -0.15) is 5.26 Å². The first-order chi connectivity index (χ1) is 9.79. The van der Waals surface area contributed by atoms with Gasteiger partial charge in [-0.25, -0.2) is 0 Å². The zero-order valence-corrected chi connectivity index (χ0v) is 11.9. The van der Waals surface area contributed by atoms with E-state index >= 15 is 0 Å². The van der Waals surface area contributed by atoms with Crippen molar-refractivity contribution in [3.63, 3.8) is 0 Å². The zero-order chi connectivity index (χ0) is 13.9. The Kier molecular flexibility index (Phi) is 3.41. The number of nitriles is 1. The number of hydrogen-bond acceptors (Lipinski definition) is 3. The summed E-state index contributed by atoms with van der Waals surface area (Å²) in [4.78, 5) is 0. The number of thiophene rings is 1. The maximum atomic E-state index is 9.50. The number of fused-ring (bicyclic) bond motifs is 1. The van der Waals surface area contributed by atoms with E-state index in [2.05, 4.69) is 28.9 Å². The quantitative estimate of drug-likeness (QED) is 0.740. The highest BCUT2D eigenvalue weighted by molar-refractivity contribution is 7.17. The van der Waals surface area contributed by atoms with Crippen LogP contribution in [0.5, 0.6) is 0 Å². The lowest BCUT2D eigenvalue weighted by molar-refractivity contribution is 1.01. The van der Waals surface area contributed by atoms with Crippen molar-refractivity contribution < 1.29 is 0 Å². The normalized spacial score (nSPS) is 12.0. The van der Waals surface area contributed by atoms with E-state index in [0.717, 1.165) is 22.2 Å². The maximum absolute atomic E-state index is 9.50. The molecule has 1 N–H and O–H groups in total. The van der Waals surface area contributed by atoms with E-state index in [1.165, 1.54) is 4.70 Å². The monoisotopic (exact) mass is 278 g/mol. The fraction of sp³-hybridized carbons (Fsp3) is 0.118. The van der Waals surface area contributed by atoms with Crippen LogP contribution in [0, 0.1) is 18.3 Å². The summed E-state index contributed by atoms with van der Waals surface area (Å²) in [5.41, 5.74) is 3.21. The molecule has 1 unspecified atom stereocenters. The van der Waals surface area contributed by atoms with Gasteiger partial charge in [-0.3, -0.25) is 0 Å². The van der Waals surface area contributed by atoms with Crippen molar-refractivity contribution in [2.24, 2.45) is 0 Å². The Bertz CT molecular complexity index is 783. The molecular formula is C17H14N2S. The van der Waals surface area contributed by atoms with Crippen molar-refractivity contribution in [1.82, 2.24) is 0 Å². The zero-order valence-electron chi connectivity index (χ0n) is 11.1. The molecule has 3 aromatic rings. The molecule has 0 spiro atoms. The summed E-state index contributed by atoms with van der Waals surface area (Å²) in [5, 5.41) is 16.1. The number of nitrogens with zero attached hydrogens (tertiary/aromatic N) is 1. The first-order valence-corrected chi connectivity index (χ1v) is 7.35. The lowest BCUT2D eigenvalue weighted by Gasteiger charge is -2.14. The van der Waals surface area contributed by atoms with Gasteiger partial charge in [0.25, 0.3) is 0 Å². The average molecular weight is 278 g/mol. The largest absolute Gasteiger partial charge is 0.366 e. The number of aryl methyl sites for hydroxylation is 1. The van der Waals surface area contributed by atoms with Crippen molar-refractivity contribution >= 4 is 27.1 Å². The van der Waals surface area contributed by atoms with Crippen LogP contribution >= 0.6 is 11.3 Å². The van der Waals surface area contributed by atoms with Gasteiger partial charge in [0.05, 0.1) is 6.07 Å². The average Bonchev–Trinajstić information content (AvgIpc) is 2.90. The number of rotatable bonds is 3. The van der Waals surface area contributed by atoms with Crippen molar-refractivity contribution in [3.8, 4) is 6.07 Å².